The first kappa shape index (κ1) is 19.6. The Kier molecular flexibility index (Phi) is 5.96. The van der Waals surface area contributed by atoms with Crippen LogP contribution in [0.1, 0.15) is 40.7 Å². The standard InChI is InChI=1S/C19H29N5O3/c1-12-16(14(3)27-22-12)10-20-9-15-8-18(25)24(6-7-26-5)19(15)17-11-21-23(4)13(17)2/h11,15,19-20H,6-10H2,1-5H3/t15-,19+/m1/s1. The minimum atomic E-state index is 0.0125. The number of aromatic nitrogens is 3. The van der Waals surface area contributed by atoms with Gasteiger partial charge in [0.25, 0.3) is 0 Å². The summed E-state index contributed by atoms with van der Waals surface area (Å²) in [5.74, 6) is 1.19. The predicted molar refractivity (Wildman–Crippen MR) is 100 cm³/mol. The number of carbonyl (C=O) groups is 1. The molecule has 0 unspecified atom stereocenters. The van der Waals surface area contributed by atoms with E-state index >= 15 is 0 Å². The zero-order valence-electron chi connectivity index (χ0n) is 16.8. The molecule has 2 atom stereocenters. The van der Waals surface area contributed by atoms with Crippen LogP contribution < -0.4 is 5.32 Å². The zero-order valence-corrected chi connectivity index (χ0v) is 16.8. The van der Waals surface area contributed by atoms with Crippen molar-refractivity contribution in [3.8, 4) is 0 Å². The summed E-state index contributed by atoms with van der Waals surface area (Å²) in [6.45, 7) is 8.45. The summed E-state index contributed by atoms with van der Waals surface area (Å²) in [5.41, 5.74) is 4.20. The van der Waals surface area contributed by atoms with E-state index in [2.05, 4.69) is 15.6 Å². The second kappa shape index (κ2) is 8.22. The summed E-state index contributed by atoms with van der Waals surface area (Å²) >= 11 is 0. The van der Waals surface area contributed by atoms with Gasteiger partial charge in [-0.25, -0.2) is 0 Å². The highest BCUT2D eigenvalue weighted by Crippen LogP contribution is 2.38. The third kappa shape index (κ3) is 3.91. The number of aryl methyl sites for hydroxylation is 3. The number of ether oxygens (including phenoxy) is 1. The maximum Gasteiger partial charge on any atom is 0.223 e. The minimum absolute atomic E-state index is 0.0125. The Hall–Kier alpha value is -2.19. The molecule has 1 saturated heterocycles. The molecule has 1 N–H and O–H groups in total. The number of hydrogen-bond donors (Lipinski definition) is 1. The summed E-state index contributed by atoms with van der Waals surface area (Å²) in [6.07, 6.45) is 2.41. The number of methoxy groups -OCH3 is 1. The molecule has 2 aromatic heterocycles. The van der Waals surface area contributed by atoms with Gasteiger partial charge in [0, 0.05) is 63.0 Å². The Bertz CT molecular complexity index is 778. The average Bonchev–Trinajstić information content (AvgIpc) is 3.24. The fourth-order valence-electron chi connectivity index (χ4n) is 3.86. The molecule has 1 aliphatic rings. The molecule has 0 spiro atoms. The van der Waals surface area contributed by atoms with Crippen LogP contribution in [0.2, 0.25) is 0 Å². The van der Waals surface area contributed by atoms with Crippen LogP contribution in [0.5, 0.6) is 0 Å². The Morgan fingerprint density at radius 2 is 2.15 bits per heavy atom. The lowest BCUT2D eigenvalue weighted by Gasteiger charge is -2.28. The van der Waals surface area contributed by atoms with E-state index in [0.29, 0.717) is 26.1 Å². The summed E-state index contributed by atoms with van der Waals surface area (Å²) in [4.78, 5) is 14.6. The lowest BCUT2D eigenvalue weighted by Crippen LogP contribution is -2.34. The van der Waals surface area contributed by atoms with Crippen molar-refractivity contribution in [2.45, 2.75) is 39.8 Å². The van der Waals surface area contributed by atoms with Crippen molar-refractivity contribution in [2.24, 2.45) is 13.0 Å². The first-order valence-electron chi connectivity index (χ1n) is 9.33. The highest BCUT2D eigenvalue weighted by atomic mass is 16.5. The molecule has 3 rings (SSSR count). The van der Waals surface area contributed by atoms with Crippen molar-refractivity contribution in [2.75, 3.05) is 26.8 Å². The predicted octanol–water partition coefficient (Wildman–Crippen LogP) is 1.66. The molecule has 0 radical (unpaired) electrons. The van der Waals surface area contributed by atoms with E-state index in [4.69, 9.17) is 9.26 Å². The van der Waals surface area contributed by atoms with Gasteiger partial charge in [-0.3, -0.25) is 9.48 Å². The van der Waals surface area contributed by atoms with Crippen molar-refractivity contribution in [3.05, 3.63) is 34.5 Å². The molecule has 0 saturated carbocycles. The molecule has 8 heteroatoms. The van der Waals surface area contributed by atoms with Gasteiger partial charge in [-0.15, -0.1) is 0 Å². The van der Waals surface area contributed by atoms with Gasteiger partial charge in [0.15, 0.2) is 0 Å². The van der Waals surface area contributed by atoms with Gasteiger partial charge in [-0.05, 0) is 20.8 Å². The van der Waals surface area contributed by atoms with E-state index in [0.717, 1.165) is 34.8 Å². The van der Waals surface area contributed by atoms with Crippen molar-refractivity contribution < 1.29 is 14.1 Å². The van der Waals surface area contributed by atoms with Gasteiger partial charge in [-0.1, -0.05) is 5.16 Å². The lowest BCUT2D eigenvalue weighted by molar-refractivity contribution is -0.129. The molecule has 0 aliphatic carbocycles. The summed E-state index contributed by atoms with van der Waals surface area (Å²) in [7, 11) is 3.59. The van der Waals surface area contributed by atoms with Crippen molar-refractivity contribution in [1.82, 2.24) is 25.2 Å². The number of carbonyl (C=O) groups excluding carboxylic acids is 1. The number of amides is 1. The Morgan fingerprint density at radius 1 is 1.37 bits per heavy atom. The normalized spacial score (nSPS) is 20.0. The molecule has 1 fully saturated rings. The highest BCUT2D eigenvalue weighted by Gasteiger charge is 2.41. The van der Waals surface area contributed by atoms with Crippen LogP contribution in [0.25, 0.3) is 0 Å². The van der Waals surface area contributed by atoms with E-state index in [1.807, 2.05) is 43.6 Å². The van der Waals surface area contributed by atoms with Crippen LogP contribution in [0, 0.1) is 26.7 Å². The summed E-state index contributed by atoms with van der Waals surface area (Å²) in [5, 5.41) is 11.9. The molecular formula is C19H29N5O3. The second-order valence-electron chi connectivity index (χ2n) is 7.23. The SMILES string of the molecule is COCCN1C(=O)C[C@H](CNCc2c(C)noc2C)[C@H]1c1cnn(C)c1C. The molecule has 1 amide bonds. The average molecular weight is 375 g/mol. The van der Waals surface area contributed by atoms with E-state index in [9.17, 15) is 4.79 Å². The maximum absolute atomic E-state index is 12.7. The van der Waals surface area contributed by atoms with E-state index < -0.39 is 0 Å². The quantitative estimate of drug-likeness (QED) is 0.755. The van der Waals surface area contributed by atoms with Gasteiger partial charge in [-0.2, -0.15) is 5.10 Å². The lowest BCUT2D eigenvalue weighted by atomic mass is 9.93. The zero-order chi connectivity index (χ0) is 19.6. The fourth-order valence-corrected chi connectivity index (χ4v) is 3.86. The Labute approximate surface area is 159 Å². The van der Waals surface area contributed by atoms with Crippen LogP contribution >= 0.6 is 0 Å². The Morgan fingerprint density at radius 3 is 2.74 bits per heavy atom. The van der Waals surface area contributed by atoms with Crippen molar-refractivity contribution in [3.63, 3.8) is 0 Å². The Balaban J connectivity index is 1.75. The van der Waals surface area contributed by atoms with E-state index in [1.165, 1.54) is 0 Å². The molecule has 27 heavy (non-hydrogen) atoms. The molecule has 2 aromatic rings. The fraction of sp³-hybridized carbons (Fsp3) is 0.632. The number of nitrogens with one attached hydrogen (secondary N) is 1. The van der Waals surface area contributed by atoms with E-state index in [1.54, 1.807) is 7.11 Å². The number of rotatable bonds is 8. The van der Waals surface area contributed by atoms with Crippen LogP contribution in [-0.2, 0) is 23.1 Å². The minimum Gasteiger partial charge on any atom is -0.383 e. The van der Waals surface area contributed by atoms with Gasteiger partial charge in [0.2, 0.25) is 5.91 Å². The number of nitrogens with zero attached hydrogens (tertiary/aromatic N) is 4. The monoisotopic (exact) mass is 375 g/mol. The highest BCUT2D eigenvalue weighted by molar-refractivity contribution is 5.79. The van der Waals surface area contributed by atoms with Crippen molar-refractivity contribution >= 4 is 5.91 Å². The smallest absolute Gasteiger partial charge is 0.223 e. The first-order chi connectivity index (χ1) is 12.9. The van der Waals surface area contributed by atoms with Crippen LogP contribution in [0.4, 0.5) is 0 Å². The third-order valence-electron chi connectivity index (χ3n) is 5.56. The molecule has 1 aliphatic heterocycles. The van der Waals surface area contributed by atoms with Gasteiger partial charge in [0.1, 0.15) is 5.76 Å². The maximum atomic E-state index is 12.7. The topological polar surface area (TPSA) is 85.4 Å². The van der Waals surface area contributed by atoms with E-state index in [-0.39, 0.29) is 17.9 Å². The molecular weight excluding hydrogens is 346 g/mol. The van der Waals surface area contributed by atoms with Crippen LogP contribution in [0.3, 0.4) is 0 Å². The van der Waals surface area contributed by atoms with Gasteiger partial charge in [0.05, 0.1) is 24.5 Å². The van der Waals surface area contributed by atoms with Crippen LogP contribution in [-0.4, -0.2) is 52.6 Å². The number of likely N-dealkylation sites (tertiary alicyclic amines) is 1. The first-order valence-corrected chi connectivity index (χ1v) is 9.33. The molecule has 0 aromatic carbocycles. The molecule has 8 nitrogen and oxygen atoms in total. The second-order valence-corrected chi connectivity index (χ2v) is 7.23. The molecule has 3 heterocycles. The largest absolute Gasteiger partial charge is 0.383 e. The molecule has 0 bridgehead atoms. The van der Waals surface area contributed by atoms with Crippen molar-refractivity contribution in [1.29, 1.82) is 0 Å². The van der Waals surface area contributed by atoms with Gasteiger partial charge < -0.3 is 19.5 Å². The summed E-state index contributed by atoms with van der Waals surface area (Å²) < 4.78 is 12.3. The summed E-state index contributed by atoms with van der Waals surface area (Å²) in [6, 6.07) is 0.0125. The van der Waals surface area contributed by atoms with Gasteiger partial charge >= 0.3 is 0 Å². The van der Waals surface area contributed by atoms with Crippen LogP contribution in [0.15, 0.2) is 10.7 Å². The number of hydrogen-bond acceptors (Lipinski definition) is 6. The molecule has 148 valence electrons. The third-order valence-corrected chi connectivity index (χ3v) is 5.56.